The van der Waals surface area contributed by atoms with Gasteiger partial charge in [0.15, 0.2) is 0 Å². The SMILES string of the molecule is Cc1cc(C)cc(COc2coc(CN3CCN(S(=O)(=O)c4ccc(C#N)cc4Cl)CC3)cc2=O)c1. The molecule has 1 saturated heterocycles. The maximum Gasteiger partial charge on any atom is 0.244 e. The van der Waals surface area contributed by atoms with Crippen molar-refractivity contribution in [3.05, 3.63) is 92.0 Å². The molecule has 3 aromatic rings. The van der Waals surface area contributed by atoms with Gasteiger partial charge in [0.1, 0.15) is 23.5 Å². The van der Waals surface area contributed by atoms with Gasteiger partial charge < -0.3 is 9.15 Å². The Morgan fingerprint density at radius 1 is 1.06 bits per heavy atom. The Balaban J connectivity index is 1.34. The highest BCUT2D eigenvalue weighted by Crippen LogP contribution is 2.26. The molecule has 10 heteroatoms. The lowest BCUT2D eigenvalue weighted by Gasteiger charge is -2.33. The number of ether oxygens (including phenoxy) is 1. The van der Waals surface area contributed by atoms with E-state index in [1.54, 1.807) is 0 Å². The van der Waals surface area contributed by atoms with Gasteiger partial charge in [-0.2, -0.15) is 9.57 Å². The molecule has 0 aliphatic carbocycles. The maximum atomic E-state index is 13.0. The van der Waals surface area contributed by atoms with Crippen molar-refractivity contribution in [1.82, 2.24) is 9.21 Å². The summed E-state index contributed by atoms with van der Waals surface area (Å²) in [7, 11) is -3.79. The van der Waals surface area contributed by atoms with Crippen LogP contribution in [0.1, 0.15) is 28.0 Å². The zero-order valence-electron chi connectivity index (χ0n) is 20.0. The van der Waals surface area contributed by atoms with Crippen molar-refractivity contribution in [3.8, 4) is 11.8 Å². The molecule has 188 valence electrons. The zero-order valence-corrected chi connectivity index (χ0v) is 21.6. The van der Waals surface area contributed by atoms with E-state index >= 15 is 0 Å². The minimum atomic E-state index is -3.79. The van der Waals surface area contributed by atoms with Crippen molar-refractivity contribution in [2.45, 2.75) is 31.9 Å². The third-order valence-electron chi connectivity index (χ3n) is 5.92. The smallest absolute Gasteiger partial charge is 0.244 e. The average Bonchev–Trinajstić information content (AvgIpc) is 2.83. The summed E-state index contributed by atoms with van der Waals surface area (Å²) in [5, 5.41) is 9.00. The molecule has 0 unspecified atom stereocenters. The van der Waals surface area contributed by atoms with E-state index in [0.29, 0.717) is 31.0 Å². The largest absolute Gasteiger partial charge is 0.482 e. The third kappa shape index (κ3) is 5.97. The van der Waals surface area contributed by atoms with Crippen molar-refractivity contribution in [3.63, 3.8) is 0 Å². The first-order valence-electron chi connectivity index (χ1n) is 11.4. The van der Waals surface area contributed by atoms with Gasteiger partial charge in [0.2, 0.25) is 21.2 Å². The predicted octanol–water partition coefficient (Wildman–Crippen LogP) is 3.87. The molecule has 0 amide bonds. The van der Waals surface area contributed by atoms with E-state index in [9.17, 15) is 13.2 Å². The molecule has 4 rings (SSSR count). The monoisotopic (exact) mass is 527 g/mol. The number of hydrogen-bond donors (Lipinski definition) is 0. The number of nitriles is 1. The Hall–Kier alpha value is -3.16. The van der Waals surface area contributed by atoms with E-state index in [1.165, 1.54) is 34.8 Å². The molecule has 0 radical (unpaired) electrons. The number of aryl methyl sites for hydroxylation is 2. The molecule has 2 aromatic carbocycles. The summed E-state index contributed by atoms with van der Waals surface area (Å²) in [5.74, 6) is 0.623. The molecule has 1 fully saturated rings. The average molecular weight is 528 g/mol. The van der Waals surface area contributed by atoms with Gasteiger partial charge in [-0.05, 0) is 37.6 Å². The van der Waals surface area contributed by atoms with Crippen LogP contribution in [-0.4, -0.2) is 43.8 Å². The van der Waals surface area contributed by atoms with E-state index < -0.39 is 10.0 Å². The zero-order chi connectivity index (χ0) is 25.9. The van der Waals surface area contributed by atoms with Crippen LogP contribution in [0.5, 0.6) is 5.75 Å². The van der Waals surface area contributed by atoms with Crippen LogP contribution in [0.4, 0.5) is 0 Å². The highest BCUT2D eigenvalue weighted by molar-refractivity contribution is 7.89. The summed E-state index contributed by atoms with van der Waals surface area (Å²) in [6, 6.07) is 13.6. The number of benzene rings is 2. The van der Waals surface area contributed by atoms with Crippen molar-refractivity contribution in [1.29, 1.82) is 5.26 Å². The molecule has 0 spiro atoms. The second-order valence-corrected chi connectivity index (χ2v) is 11.1. The van der Waals surface area contributed by atoms with Crippen LogP contribution < -0.4 is 10.2 Å². The van der Waals surface area contributed by atoms with Crippen LogP contribution in [0.25, 0.3) is 0 Å². The van der Waals surface area contributed by atoms with Crippen molar-refractivity contribution >= 4 is 21.6 Å². The van der Waals surface area contributed by atoms with Crippen LogP contribution in [0.15, 0.2) is 62.8 Å². The predicted molar refractivity (Wildman–Crippen MR) is 135 cm³/mol. The van der Waals surface area contributed by atoms with Crippen molar-refractivity contribution in [2.75, 3.05) is 26.2 Å². The summed E-state index contributed by atoms with van der Waals surface area (Å²) in [6.07, 6.45) is 1.33. The van der Waals surface area contributed by atoms with Gasteiger partial charge in [0.25, 0.3) is 0 Å². The highest BCUT2D eigenvalue weighted by atomic mass is 35.5. The Labute approximate surface area is 215 Å². The quantitative estimate of drug-likeness (QED) is 0.459. The summed E-state index contributed by atoms with van der Waals surface area (Å²) >= 11 is 6.13. The fourth-order valence-corrected chi connectivity index (χ4v) is 6.15. The first kappa shape index (κ1) is 25.9. The van der Waals surface area contributed by atoms with E-state index in [2.05, 4.69) is 6.07 Å². The van der Waals surface area contributed by atoms with E-state index in [-0.39, 0.29) is 40.8 Å². The molecular weight excluding hydrogens is 502 g/mol. The number of nitrogens with zero attached hydrogens (tertiary/aromatic N) is 3. The molecule has 0 saturated carbocycles. The Kier molecular flexibility index (Phi) is 7.81. The maximum absolute atomic E-state index is 13.0. The van der Waals surface area contributed by atoms with Crippen LogP contribution in [0.2, 0.25) is 5.02 Å². The lowest BCUT2D eigenvalue weighted by atomic mass is 10.1. The summed E-state index contributed by atoms with van der Waals surface area (Å²) in [4.78, 5) is 14.5. The Morgan fingerprint density at radius 3 is 2.36 bits per heavy atom. The minimum Gasteiger partial charge on any atom is -0.482 e. The van der Waals surface area contributed by atoms with Gasteiger partial charge in [-0.3, -0.25) is 9.69 Å². The molecule has 36 heavy (non-hydrogen) atoms. The summed E-state index contributed by atoms with van der Waals surface area (Å²) in [6.45, 7) is 6.11. The van der Waals surface area contributed by atoms with Crippen LogP contribution in [0.3, 0.4) is 0 Å². The lowest BCUT2D eigenvalue weighted by molar-refractivity contribution is 0.169. The molecule has 2 heterocycles. The number of piperazine rings is 1. The van der Waals surface area contributed by atoms with Gasteiger partial charge in [0, 0.05) is 32.2 Å². The normalized spacial score (nSPS) is 14.9. The molecule has 1 aliphatic rings. The number of sulfonamides is 1. The van der Waals surface area contributed by atoms with Crippen molar-refractivity contribution in [2.24, 2.45) is 0 Å². The van der Waals surface area contributed by atoms with Gasteiger partial charge in [-0.25, -0.2) is 8.42 Å². The van der Waals surface area contributed by atoms with E-state index in [0.717, 1.165) is 16.7 Å². The van der Waals surface area contributed by atoms with Gasteiger partial charge >= 0.3 is 0 Å². The summed E-state index contributed by atoms with van der Waals surface area (Å²) in [5.41, 5.74) is 3.27. The van der Waals surface area contributed by atoms with E-state index in [1.807, 2.05) is 36.9 Å². The lowest BCUT2D eigenvalue weighted by Crippen LogP contribution is -2.48. The summed E-state index contributed by atoms with van der Waals surface area (Å²) < 4.78 is 38.7. The Bertz CT molecular complexity index is 1450. The standard InChI is InChI=1S/C26H26ClN3O5S/c1-18-9-19(2)11-21(10-18)16-35-25-17-34-22(13-24(25)31)15-29-5-7-30(8-6-29)36(32,33)26-4-3-20(14-28)12-23(26)27/h3-4,9-13,17H,5-8,15-16H2,1-2H3. The molecule has 1 aromatic heterocycles. The first-order chi connectivity index (χ1) is 17.2. The number of rotatable bonds is 7. The minimum absolute atomic E-state index is 0.0148. The van der Waals surface area contributed by atoms with Crippen LogP contribution >= 0.6 is 11.6 Å². The molecule has 8 nitrogen and oxygen atoms in total. The molecule has 0 atom stereocenters. The second kappa shape index (κ2) is 10.8. The fourth-order valence-electron chi connectivity index (χ4n) is 4.21. The first-order valence-corrected chi connectivity index (χ1v) is 13.2. The van der Waals surface area contributed by atoms with Crippen molar-refractivity contribution < 1.29 is 17.6 Å². The fraction of sp³-hybridized carbons (Fsp3) is 0.308. The van der Waals surface area contributed by atoms with Gasteiger partial charge in [-0.1, -0.05) is 40.9 Å². The van der Waals surface area contributed by atoms with E-state index in [4.69, 9.17) is 26.0 Å². The van der Waals surface area contributed by atoms with Crippen LogP contribution in [0, 0.1) is 25.2 Å². The van der Waals surface area contributed by atoms with Gasteiger partial charge in [0.05, 0.1) is 23.2 Å². The van der Waals surface area contributed by atoms with Crippen LogP contribution in [-0.2, 0) is 23.2 Å². The van der Waals surface area contributed by atoms with Gasteiger partial charge in [-0.15, -0.1) is 0 Å². The Morgan fingerprint density at radius 2 is 1.75 bits per heavy atom. The third-order valence-corrected chi connectivity index (χ3v) is 8.30. The molecular formula is C26H26ClN3O5S. The topological polar surface area (TPSA) is 104 Å². The molecule has 0 bridgehead atoms. The number of halogens is 1. The highest BCUT2D eigenvalue weighted by Gasteiger charge is 2.30. The molecule has 0 N–H and O–H groups in total. The molecule has 1 aliphatic heterocycles. The second-order valence-electron chi connectivity index (χ2n) is 8.80. The number of hydrogen-bond acceptors (Lipinski definition) is 7.